The average Bonchev–Trinajstić information content (AvgIpc) is 3.54. The van der Waals surface area contributed by atoms with Crippen molar-refractivity contribution in [2.24, 2.45) is 0 Å². The molecule has 0 radical (unpaired) electrons. The van der Waals surface area contributed by atoms with Crippen LogP contribution in [0.15, 0.2) is 31.6 Å². The van der Waals surface area contributed by atoms with Crippen molar-refractivity contribution in [1.82, 2.24) is 19.1 Å². The second-order valence-corrected chi connectivity index (χ2v) is 25.7. The normalized spacial score (nSPS) is 25.2. The molecule has 48 heavy (non-hydrogen) atoms. The van der Waals surface area contributed by atoms with E-state index in [2.05, 4.69) is 84.6 Å². The van der Waals surface area contributed by atoms with E-state index in [0.717, 1.165) is 12.8 Å². The van der Waals surface area contributed by atoms with E-state index in [1.165, 1.54) is 15.3 Å². The number of H-pyrrole nitrogens is 2. The number of aliphatic hydroxyl groups excluding tert-OH is 1. The summed E-state index contributed by atoms with van der Waals surface area (Å²) >= 11 is 0. The zero-order chi connectivity index (χ0) is 36.6. The smallest absolute Gasteiger partial charge is 0.330 e. The molecule has 13 nitrogen and oxygen atoms in total. The topological polar surface area (TPSA) is 167 Å². The minimum Gasteiger partial charge on any atom is -0.409 e. The molecular weight excluding hydrogens is 653 g/mol. The summed E-state index contributed by atoms with van der Waals surface area (Å²) in [6.07, 6.45) is 3.21. The number of hydrogen-bond acceptors (Lipinski definition) is 9. The van der Waals surface area contributed by atoms with Crippen LogP contribution in [-0.4, -0.2) is 71.9 Å². The Kier molecular flexibility index (Phi) is 12.4. The molecule has 2 aromatic rings. The third-order valence-corrected chi connectivity index (χ3v) is 19.3. The van der Waals surface area contributed by atoms with Gasteiger partial charge in [-0.25, -0.2) is 9.59 Å². The summed E-state index contributed by atoms with van der Waals surface area (Å²) in [6.45, 7) is 26.9. The van der Waals surface area contributed by atoms with E-state index in [1.54, 1.807) is 20.0 Å². The van der Waals surface area contributed by atoms with Crippen LogP contribution in [0.5, 0.6) is 0 Å². The van der Waals surface area contributed by atoms with Gasteiger partial charge < -0.3 is 23.4 Å². The van der Waals surface area contributed by atoms with Crippen LogP contribution in [-0.2, 0) is 18.3 Å². The highest BCUT2D eigenvalue weighted by atomic mass is 28.4. The minimum atomic E-state index is -2.08. The Labute approximate surface area is 285 Å². The molecule has 0 spiro atoms. The summed E-state index contributed by atoms with van der Waals surface area (Å²) in [7, 11) is -4.07. The fourth-order valence-corrected chi connectivity index (χ4v) is 7.82. The van der Waals surface area contributed by atoms with Crippen LogP contribution in [0.4, 0.5) is 0 Å². The predicted molar refractivity (Wildman–Crippen MR) is 191 cm³/mol. The molecule has 0 aliphatic carbocycles. The number of hydrogen-bond donors (Lipinski definition) is 3. The maximum atomic E-state index is 12.3. The first kappa shape index (κ1) is 40.0. The van der Waals surface area contributed by atoms with Crippen molar-refractivity contribution < 1.29 is 23.4 Å². The molecule has 2 aliphatic rings. The first-order valence-electron chi connectivity index (χ1n) is 16.8. The Morgan fingerprint density at radius 2 is 1.10 bits per heavy atom. The van der Waals surface area contributed by atoms with Gasteiger partial charge in [-0.2, -0.15) is 0 Å². The van der Waals surface area contributed by atoms with Crippen LogP contribution in [0.25, 0.3) is 0 Å². The summed E-state index contributed by atoms with van der Waals surface area (Å²) in [5.74, 6) is 0. The molecule has 4 heterocycles. The van der Waals surface area contributed by atoms with E-state index in [0.29, 0.717) is 17.5 Å². The van der Waals surface area contributed by atoms with Crippen molar-refractivity contribution in [2.45, 2.75) is 155 Å². The van der Waals surface area contributed by atoms with Crippen molar-refractivity contribution in [3.63, 3.8) is 0 Å². The Bertz CT molecular complexity index is 1530. The summed E-state index contributed by atoms with van der Waals surface area (Å²) in [5, 5.41) is 9.55. The fourth-order valence-electron chi connectivity index (χ4n) is 5.18. The van der Waals surface area contributed by atoms with Gasteiger partial charge in [-0.05, 0) is 56.5 Å². The van der Waals surface area contributed by atoms with E-state index in [-0.39, 0.29) is 46.7 Å². The summed E-state index contributed by atoms with van der Waals surface area (Å²) in [5.41, 5.74) is -0.826. The number of aliphatic hydroxyl groups is 1. The zero-order valence-corrected chi connectivity index (χ0v) is 33.1. The molecule has 0 amide bonds. The monoisotopic (exact) mass is 710 g/mol. The van der Waals surface area contributed by atoms with Crippen LogP contribution in [0.2, 0.25) is 36.3 Å². The molecule has 2 saturated heterocycles. The number of nitrogens with zero attached hydrogens (tertiary/aromatic N) is 2. The number of aromatic nitrogens is 4. The molecule has 272 valence electrons. The second-order valence-electron chi connectivity index (χ2n) is 16.2. The lowest BCUT2D eigenvalue weighted by molar-refractivity contribution is -0.0504. The standard InChI is InChI=1S/C17H30N2O4Si.C16H28N2O5Si/c1-8-12-9-13(23-24(6,7)17(3,4)5)15(22-12)19-10-11(2)14(20)18-16(19)21;1-10-8-18(15(21)17-13(10)20)14-12(7-11(9-19)22-14)23-24(5,6)16(2,3)4/h10,12-13,15H,8-9H2,1-7H3,(H,18,20,21);8,11-12,14,19H,7,9H2,1-6H3,(H,17,20,21)/t12-,13+,15-;11-,12-,14+/m10/s1. The van der Waals surface area contributed by atoms with Gasteiger partial charge in [-0.1, -0.05) is 48.5 Å². The molecule has 4 rings (SSSR count). The van der Waals surface area contributed by atoms with Gasteiger partial charge in [0.25, 0.3) is 11.1 Å². The lowest BCUT2D eigenvalue weighted by atomic mass is 10.1. The highest BCUT2D eigenvalue weighted by Crippen LogP contribution is 2.43. The number of aryl methyl sites for hydroxylation is 2. The van der Waals surface area contributed by atoms with Crippen LogP contribution in [0, 0.1) is 13.8 Å². The molecule has 15 heteroatoms. The molecule has 0 saturated carbocycles. The first-order valence-corrected chi connectivity index (χ1v) is 22.7. The van der Waals surface area contributed by atoms with E-state index >= 15 is 0 Å². The number of nitrogens with one attached hydrogen (secondary N) is 2. The van der Waals surface area contributed by atoms with E-state index < -0.39 is 46.0 Å². The Morgan fingerprint density at radius 3 is 1.44 bits per heavy atom. The van der Waals surface area contributed by atoms with Crippen molar-refractivity contribution in [2.75, 3.05) is 6.61 Å². The van der Waals surface area contributed by atoms with Crippen LogP contribution >= 0.6 is 0 Å². The molecule has 2 aliphatic heterocycles. The summed E-state index contributed by atoms with van der Waals surface area (Å²) in [4.78, 5) is 52.4. The third-order valence-electron chi connectivity index (χ3n) is 10.3. The van der Waals surface area contributed by atoms with E-state index in [1.807, 2.05) is 0 Å². The van der Waals surface area contributed by atoms with Gasteiger partial charge >= 0.3 is 11.4 Å². The Balaban J connectivity index is 0.000000260. The van der Waals surface area contributed by atoms with Crippen molar-refractivity contribution in [1.29, 1.82) is 0 Å². The SMILES string of the molecule is CC[C@@H]1C[C@H](O[Si](C)(C)C(C)(C)C)[C@H](n2cc(C)c(=O)[nH]c2=O)O1.Cc1cn([C@@H]2O[C@H](CO)C[C@@H]2O[Si](C)(C)C(C)(C)C)c(=O)[nH]c1=O. The van der Waals surface area contributed by atoms with Gasteiger partial charge in [0.05, 0.1) is 31.0 Å². The zero-order valence-electron chi connectivity index (χ0n) is 31.1. The van der Waals surface area contributed by atoms with Crippen LogP contribution in [0.3, 0.4) is 0 Å². The number of ether oxygens (including phenoxy) is 2. The third kappa shape index (κ3) is 9.03. The maximum Gasteiger partial charge on any atom is 0.330 e. The van der Waals surface area contributed by atoms with Gasteiger partial charge in [-0.3, -0.25) is 28.7 Å². The highest BCUT2D eigenvalue weighted by Gasteiger charge is 2.46. The largest absolute Gasteiger partial charge is 0.409 e. The maximum absolute atomic E-state index is 12.3. The van der Waals surface area contributed by atoms with Crippen LogP contribution in [0.1, 0.15) is 91.3 Å². The molecule has 2 aromatic heterocycles. The van der Waals surface area contributed by atoms with Crippen molar-refractivity contribution >= 4 is 16.6 Å². The first-order chi connectivity index (χ1) is 21.9. The second kappa shape index (κ2) is 14.8. The molecule has 2 fully saturated rings. The molecular formula is C33H58N4O9Si2. The Morgan fingerprint density at radius 1 is 0.750 bits per heavy atom. The average molecular weight is 711 g/mol. The molecule has 6 atom stereocenters. The van der Waals surface area contributed by atoms with Gasteiger partial charge in [0, 0.05) is 36.4 Å². The lowest BCUT2D eigenvalue weighted by Gasteiger charge is -2.39. The highest BCUT2D eigenvalue weighted by molar-refractivity contribution is 6.74. The lowest BCUT2D eigenvalue weighted by Crippen LogP contribution is -2.46. The summed E-state index contributed by atoms with van der Waals surface area (Å²) in [6, 6.07) is 0. The van der Waals surface area contributed by atoms with Gasteiger partial charge in [-0.15, -0.1) is 0 Å². The Hall–Kier alpha value is -2.41. The van der Waals surface area contributed by atoms with E-state index in [4.69, 9.17) is 18.3 Å². The summed E-state index contributed by atoms with van der Waals surface area (Å²) < 4.78 is 27.7. The molecule has 3 N–H and O–H groups in total. The number of rotatable bonds is 8. The molecule has 0 bridgehead atoms. The minimum absolute atomic E-state index is 0.0146. The van der Waals surface area contributed by atoms with Crippen molar-refractivity contribution in [3.8, 4) is 0 Å². The van der Waals surface area contributed by atoms with Gasteiger partial charge in [0.2, 0.25) is 0 Å². The number of aromatic amines is 2. The van der Waals surface area contributed by atoms with Crippen LogP contribution < -0.4 is 22.5 Å². The van der Waals surface area contributed by atoms with Crippen molar-refractivity contribution in [3.05, 3.63) is 65.2 Å². The van der Waals surface area contributed by atoms with Gasteiger partial charge in [0.15, 0.2) is 29.1 Å². The van der Waals surface area contributed by atoms with E-state index in [9.17, 15) is 24.3 Å². The quantitative estimate of drug-likeness (QED) is 0.336. The predicted octanol–water partition coefficient (Wildman–Crippen LogP) is 4.45. The molecule has 0 aromatic carbocycles. The fraction of sp³-hybridized carbons (Fsp3) is 0.758. The van der Waals surface area contributed by atoms with Gasteiger partial charge in [0.1, 0.15) is 0 Å². The molecule has 0 unspecified atom stereocenters.